The van der Waals surface area contributed by atoms with E-state index in [1.165, 1.54) is 12.0 Å². The van der Waals surface area contributed by atoms with E-state index in [1.54, 1.807) is 11.0 Å². The molecule has 5 nitrogen and oxygen atoms in total. The van der Waals surface area contributed by atoms with Crippen molar-refractivity contribution in [2.45, 2.75) is 6.54 Å². The number of aryl methyl sites for hydroxylation is 1. The van der Waals surface area contributed by atoms with Crippen LogP contribution in [-0.2, 0) is 13.6 Å². The molecule has 0 radical (unpaired) electrons. The van der Waals surface area contributed by atoms with Gasteiger partial charge in [0, 0.05) is 24.6 Å². The van der Waals surface area contributed by atoms with Crippen molar-refractivity contribution >= 4 is 5.69 Å². The van der Waals surface area contributed by atoms with Crippen LogP contribution in [0.25, 0.3) is 5.69 Å². The lowest BCUT2D eigenvalue weighted by Crippen LogP contribution is -2.04. The van der Waals surface area contributed by atoms with Crippen LogP contribution in [0.1, 0.15) is 5.69 Å². The zero-order valence-corrected chi connectivity index (χ0v) is 10.7. The van der Waals surface area contributed by atoms with Gasteiger partial charge in [-0.3, -0.25) is 0 Å². The average molecular weight is 253 g/mol. The molecule has 0 saturated carbocycles. The van der Waals surface area contributed by atoms with Crippen molar-refractivity contribution in [2.75, 3.05) is 5.32 Å². The summed E-state index contributed by atoms with van der Waals surface area (Å²) in [6.45, 7) is 0.812. The van der Waals surface area contributed by atoms with Crippen molar-refractivity contribution in [2.24, 2.45) is 7.05 Å². The lowest BCUT2D eigenvalue weighted by atomic mass is 10.2. The van der Waals surface area contributed by atoms with Crippen LogP contribution in [0, 0.1) is 0 Å². The van der Waals surface area contributed by atoms with Gasteiger partial charge in [-0.2, -0.15) is 5.10 Å². The maximum atomic E-state index is 4.10. The zero-order chi connectivity index (χ0) is 13.1. The summed E-state index contributed by atoms with van der Waals surface area (Å²) in [4.78, 5) is 3.93. The number of nitrogens with one attached hydrogen (secondary N) is 1. The number of nitrogens with zero attached hydrogens (tertiary/aromatic N) is 4. The highest BCUT2D eigenvalue weighted by molar-refractivity contribution is 5.48. The molecule has 0 fully saturated rings. The molecule has 0 aliphatic rings. The monoisotopic (exact) mass is 253 g/mol. The molecule has 2 heterocycles. The fraction of sp³-hybridized carbons (Fsp3) is 0.143. The molecule has 5 heteroatoms. The summed E-state index contributed by atoms with van der Waals surface area (Å²) in [5.41, 5.74) is 3.34. The number of hydrogen-bond acceptors (Lipinski definition) is 3. The van der Waals surface area contributed by atoms with Gasteiger partial charge < -0.3 is 9.88 Å². The first-order valence-electron chi connectivity index (χ1n) is 6.12. The van der Waals surface area contributed by atoms with Gasteiger partial charge in [0.1, 0.15) is 12.7 Å². The van der Waals surface area contributed by atoms with Crippen molar-refractivity contribution in [3.8, 4) is 5.69 Å². The van der Waals surface area contributed by atoms with E-state index in [1.807, 2.05) is 43.6 Å². The molecule has 0 spiro atoms. The van der Waals surface area contributed by atoms with Crippen LogP contribution in [0.5, 0.6) is 0 Å². The Labute approximate surface area is 111 Å². The fourth-order valence-corrected chi connectivity index (χ4v) is 1.95. The van der Waals surface area contributed by atoms with Crippen LogP contribution in [-0.4, -0.2) is 19.3 Å². The first kappa shape index (κ1) is 11.5. The third-order valence-corrected chi connectivity index (χ3v) is 3.08. The number of aromatic nitrogens is 4. The molecule has 0 bridgehead atoms. The molecule has 0 aliphatic carbocycles. The maximum Gasteiger partial charge on any atom is 0.138 e. The first-order valence-corrected chi connectivity index (χ1v) is 6.12. The summed E-state index contributed by atoms with van der Waals surface area (Å²) in [5.74, 6) is 0. The van der Waals surface area contributed by atoms with Crippen LogP contribution in [0.2, 0.25) is 0 Å². The van der Waals surface area contributed by atoms with E-state index in [2.05, 4.69) is 26.0 Å². The van der Waals surface area contributed by atoms with Crippen molar-refractivity contribution in [3.05, 3.63) is 60.9 Å². The third kappa shape index (κ3) is 2.49. The Morgan fingerprint density at radius 2 is 2.00 bits per heavy atom. The van der Waals surface area contributed by atoms with Crippen molar-refractivity contribution in [1.82, 2.24) is 19.3 Å². The minimum absolute atomic E-state index is 0.812. The molecule has 0 saturated heterocycles. The van der Waals surface area contributed by atoms with Gasteiger partial charge in [0.15, 0.2) is 0 Å². The molecule has 3 aromatic rings. The Hall–Kier alpha value is -2.56. The molecule has 96 valence electrons. The predicted octanol–water partition coefficient (Wildman–Crippen LogP) is 2.22. The summed E-state index contributed by atoms with van der Waals surface area (Å²) in [5, 5.41) is 7.49. The number of rotatable bonds is 4. The van der Waals surface area contributed by atoms with E-state index in [9.17, 15) is 0 Å². The lowest BCUT2D eigenvalue weighted by Gasteiger charge is -2.08. The maximum absolute atomic E-state index is 4.10. The zero-order valence-electron chi connectivity index (χ0n) is 10.7. The standard InChI is InChI=1S/C14H15N5/c1-18-8-2-3-14(18)9-16-12-4-6-13(7-5-12)19-11-15-10-17-19/h2-8,10-11,16H,9H2,1H3. The van der Waals surface area contributed by atoms with Crippen molar-refractivity contribution in [3.63, 3.8) is 0 Å². The molecular weight excluding hydrogens is 238 g/mol. The lowest BCUT2D eigenvalue weighted by molar-refractivity contribution is 0.842. The van der Waals surface area contributed by atoms with Crippen LogP contribution >= 0.6 is 0 Å². The molecule has 0 amide bonds. The van der Waals surface area contributed by atoms with E-state index in [0.29, 0.717) is 0 Å². The minimum Gasteiger partial charge on any atom is -0.379 e. The molecule has 0 atom stereocenters. The molecule has 0 unspecified atom stereocenters. The molecular formula is C14H15N5. The van der Waals surface area contributed by atoms with Crippen molar-refractivity contribution in [1.29, 1.82) is 0 Å². The second-order valence-corrected chi connectivity index (χ2v) is 4.35. The SMILES string of the molecule is Cn1cccc1CNc1ccc(-n2cncn2)cc1. The first-order chi connectivity index (χ1) is 9.33. The van der Waals surface area contributed by atoms with Crippen LogP contribution in [0.15, 0.2) is 55.2 Å². The predicted molar refractivity (Wildman–Crippen MR) is 74.1 cm³/mol. The Bertz CT molecular complexity index is 637. The average Bonchev–Trinajstić information content (AvgIpc) is 3.09. The number of anilines is 1. The van der Waals surface area contributed by atoms with Gasteiger partial charge in [-0.1, -0.05) is 0 Å². The summed E-state index contributed by atoms with van der Waals surface area (Å²) < 4.78 is 3.84. The Morgan fingerprint density at radius 3 is 2.63 bits per heavy atom. The Balaban J connectivity index is 1.68. The van der Waals surface area contributed by atoms with Gasteiger partial charge in [-0.15, -0.1) is 0 Å². The van der Waals surface area contributed by atoms with E-state index in [4.69, 9.17) is 0 Å². The van der Waals surface area contributed by atoms with Crippen molar-refractivity contribution < 1.29 is 0 Å². The molecule has 0 aliphatic heterocycles. The summed E-state index contributed by atoms with van der Waals surface area (Å²) in [7, 11) is 2.05. The molecule has 19 heavy (non-hydrogen) atoms. The van der Waals surface area contributed by atoms with Crippen LogP contribution < -0.4 is 5.32 Å². The molecule has 1 aromatic carbocycles. The third-order valence-electron chi connectivity index (χ3n) is 3.08. The number of hydrogen-bond donors (Lipinski definition) is 1. The fourth-order valence-electron chi connectivity index (χ4n) is 1.95. The highest BCUT2D eigenvalue weighted by atomic mass is 15.3. The topological polar surface area (TPSA) is 47.7 Å². The van der Waals surface area contributed by atoms with E-state index in [0.717, 1.165) is 17.9 Å². The number of benzene rings is 1. The Morgan fingerprint density at radius 1 is 1.16 bits per heavy atom. The van der Waals surface area contributed by atoms with Gasteiger partial charge in [-0.05, 0) is 36.4 Å². The second kappa shape index (κ2) is 4.97. The van der Waals surface area contributed by atoms with E-state index >= 15 is 0 Å². The highest BCUT2D eigenvalue weighted by Crippen LogP contribution is 2.13. The molecule has 2 aromatic heterocycles. The molecule has 3 rings (SSSR count). The van der Waals surface area contributed by atoms with Gasteiger partial charge in [0.2, 0.25) is 0 Å². The van der Waals surface area contributed by atoms with Gasteiger partial charge in [-0.25, -0.2) is 9.67 Å². The smallest absolute Gasteiger partial charge is 0.138 e. The summed E-state index contributed by atoms with van der Waals surface area (Å²) >= 11 is 0. The van der Waals surface area contributed by atoms with E-state index < -0.39 is 0 Å². The minimum atomic E-state index is 0.812. The normalized spacial score (nSPS) is 10.6. The van der Waals surface area contributed by atoms with Gasteiger partial charge >= 0.3 is 0 Å². The molecule has 1 N–H and O–H groups in total. The quantitative estimate of drug-likeness (QED) is 0.775. The Kier molecular flexibility index (Phi) is 3.02. The second-order valence-electron chi connectivity index (χ2n) is 4.35. The summed E-state index contributed by atoms with van der Waals surface area (Å²) in [6.07, 6.45) is 5.26. The van der Waals surface area contributed by atoms with Crippen LogP contribution in [0.4, 0.5) is 5.69 Å². The summed E-state index contributed by atoms with van der Waals surface area (Å²) in [6, 6.07) is 12.3. The van der Waals surface area contributed by atoms with Gasteiger partial charge in [0.25, 0.3) is 0 Å². The highest BCUT2D eigenvalue weighted by Gasteiger charge is 1.99. The largest absolute Gasteiger partial charge is 0.379 e. The van der Waals surface area contributed by atoms with Gasteiger partial charge in [0.05, 0.1) is 12.2 Å². The van der Waals surface area contributed by atoms with E-state index in [-0.39, 0.29) is 0 Å². The van der Waals surface area contributed by atoms with Crippen LogP contribution in [0.3, 0.4) is 0 Å².